The molecule has 17 saturated carbocycles. The summed E-state index contributed by atoms with van der Waals surface area (Å²) in [6, 6.07) is 34.1. The number of ether oxygens (including phenoxy) is 4. The van der Waals surface area contributed by atoms with E-state index in [4.69, 9.17) is 18.9 Å². The van der Waals surface area contributed by atoms with Gasteiger partial charge in [0.05, 0.1) is 28.4 Å². The Labute approximate surface area is 773 Å². The molecule has 17 aliphatic rings. The van der Waals surface area contributed by atoms with E-state index in [1.165, 1.54) is 294 Å². The normalized spacial score (nSPS) is 30.9. The Kier molecular flexibility index (Phi) is 29.9. The van der Waals surface area contributed by atoms with E-state index in [-0.39, 0.29) is 40.8 Å². The van der Waals surface area contributed by atoms with Crippen molar-refractivity contribution in [2.45, 2.75) is 371 Å². The second-order valence-corrected chi connectivity index (χ2v) is 50.7. The number of hydrogen-bond donors (Lipinski definition) is 0. The second kappa shape index (κ2) is 39.0. The molecule has 668 valence electrons. The van der Waals surface area contributed by atoms with Crippen molar-refractivity contribution < 1.29 is 59.8 Å². The van der Waals surface area contributed by atoms with E-state index in [9.17, 15) is 0 Å². The first kappa shape index (κ1) is 93.4. The second-order valence-electron chi connectivity index (χ2n) is 44.7. The number of rotatable bonds is 26. The van der Waals surface area contributed by atoms with Crippen LogP contribution in [0.2, 0.25) is 0 Å². The Bertz CT molecular complexity index is 4020. The Morgan fingerprint density at radius 3 is 0.713 bits per heavy atom. The third-order valence-electron chi connectivity index (χ3n) is 33.9. The van der Waals surface area contributed by atoms with Crippen LogP contribution in [-0.2, 0) is 53.7 Å². The van der Waals surface area contributed by atoms with Crippen molar-refractivity contribution in [2.75, 3.05) is 28.4 Å². The summed E-state index contributed by atoms with van der Waals surface area (Å²) < 4.78 is 27.1. The van der Waals surface area contributed by atoms with Gasteiger partial charge in [0.25, 0.3) is 0 Å². The quantitative estimate of drug-likeness (QED) is 0.0401. The standard InChI is InChI=1S/2C53H73O2P.C8H12.2Pd/c2*1-10-11-12-35-13-15-42(16-14-35)48-43(32(2)3)25-44(33(4)5)49(47(48)34(6)7)50-45(54-8)17-18-46(55-9)51(50)56(52-26-36-19-37(27-52)21-38(20-36)28-52)53-29-39-22-40(30-53)24-41(23-39)31-53;1-2-4-6-8-7-5-3-1;;/h2*13-18,25,32-34,36-41H,10-12,19-24,26-31H2,1-9H3;1-2,7-8H,3-6H2;;. The summed E-state index contributed by atoms with van der Waals surface area (Å²) in [5.74, 6) is 17.8. The van der Waals surface area contributed by atoms with Crippen LogP contribution in [0.1, 0.15) is 382 Å². The predicted octanol–water partition coefficient (Wildman–Crippen LogP) is 32.0. The van der Waals surface area contributed by atoms with Crippen LogP contribution in [0.25, 0.3) is 44.5 Å². The van der Waals surface area contributed by atoms with Gasteiger partial charge in [-0.2, -0.15) is 0 Å². The Balaban J connectivity index is 0.000000171. The molecule has 0 N–H and O–H groups in total. The number of hydrogen-bond acceptors (Lipinski definition) is 4. The van der Waals surface area contributed by atoms with Gasteiger partial charge in [0.1, 0.15) is 23.0 Å². The van der Waals surface area contributed by atoms with Crippen LogP contribution >= 0.6 is 15.8 Å². The third-order valence-corrected chi connectivity index (χ3v) is 41.7. The topological polar surface area (TPSA) is 36.9 Å². The minimum atomic E-state index is -0.560. The van der Waals surface area contributed by atoms with Gasteiger partial charge in [-0.05, 0) is 460 Å². The maximum absolute atomic E-state index is 6.80. The number of aryl methyl sites for hydroxylation is 2. The number of benzene rings is 6. The zero-order valence-corrected chi connectivity index (χ0v) is 83.9. The van der Waals surface area contributed by atoms with Gasteiger partial charge in [-0.1, -0.05) is 186 Å². The Morgan fingerprint density at radius 2 is 0.508 bits per heavy atom. The first-order valence-electron chi connectivity index (χ1n) is 49.9. The van der Waals surface area contributed by atoms with Crippen molar-refractivity contribution in [3.05, 3.63) is 155 Å². The molecule has 6 aromatic carbocycles. The zero-order chi connectivity index (χ0) is 83.8. The van der Waals surface area contributed by atoms with Crippen molar-refractivity contribution in [3.63, 3.8) is 0 Å². The molecule has 0 aliphatic heterocycles. The molecule has 4 radical (unpaired) electrons. The summed E-state index contributed by atoms with van der Waals surface area (Å²) in [6.07, 6.45) is 56.8. The molecule has 8 heteroatoms. The van der Waals surface area contributed by atoms with Crippen molar-refractivity contribution in [1.29, 1.82) is 0 Å². The van der Waals surface area contributed by atoms with Gasteiger partial charge in [-0.3, -0.25) is 0 Å². The van der Waals surface area contributed by atoms with Crippen LogP contribution in [-0.4, -0.2) is 49.1 Å². The molecule has 16 bridgehead atoms. The molecule has 0 atom stereocenters. The molecule has 17 fully saturated rings. The molecular formula is C114H158O4P2Pd2. The molecule has 0 spiro atoms. The van der Waals surface area contributed by atoms with Gasteiger partial charge < -0.3 is 18.9 Å². The molecule has 0 aromatic heterocycles. The molecule has 0 heterocycles. The van der Waals surface area contributed by atoms with E-state index in [0.29, 0.717) is 56.1 Å². The summed E-state index contributed by atoms with van der Waals surface area (Å²) >= 11 is 0. The van der Waals surface area contributed by atoms with Crippen LogP contribution in [0.5, 0.6) is 23.0 Å². The van der Waals surface area contributed by atoms with Crippen LogP contribution < -0.4 is 29.6 Å². The molecule has 122 heavy (non-hydrogen) atoms. The summed E-state index contributed by atoms with van der Waals surface area (Å²) in [4.78, 5) is 0. The van der Waals surface area contributed by atoms with Gasteiger partial charge in [0.15, 0.2) is 0 Å². The Hall–Kier alpha value is -3.30. The van der Waals surface area contributed by atoms with Crippen LogP contribution in [0.3, 0.4) is 0 Å². The van der Waals surface area contributed by atoms with Crippen molar-refractivity contribution in [2.24, 2.45) is 71.0 Å². The van der Waals surface area contributed by atoms with E-state index >= 15 is 0 Å². The number of methoxy groups -OCH3 is 4. The maximum atomic E-state index is 6.80. The van der Waals surface area contributed by atoms with E-state index in [1.807, 2.05) is 28.4 Å². The van der Waals surface area contributed by atoms with Gasteiger partial charge >= 0.3 is 0 Å². The summed E-state index contributed by atoms with van der Waals surface area (Å²) in [5, 5.41) is 4.88. The van der Waals surface area contributed by atoms with Gasteiger partial charge in [0, 0.05) is 62.6 Å². The van der Waals surface area contributed by atoms with E-state index < -0.39 is 15.8 Å². The van der Waals surface area contributed by atoms with E-state index in [1.54, 1.807) is 10.6 Å². The summed E-state index contributed by atoms with van der Waals surface area (Å²) in [5.41, 5.74) is 23.5. The predicted molar refractivity (Wildman–Crippen MR) is 515 cm³/mol. The number of unbranched alkanes of at least 4 members (excludes halogenated alkanes) is 2. The summed E-state index contributed by atoms with van der Waals surface area (Å²) in [7, 11) is 6.76. The Morgan fingerprint density at radius 1 is 0.287 bits per heavy atom. The van der Waals surface area contributed by atoms with Gasteiger partial charge in [0.2, 0.25) is 0 Å². The van der Waals surface area contributed by atoms with Crippen molar-refractivity contribution in [1.82, 2.24) is 0 Å². The van der Waals surface area contributed by atoms with Crippen LogP contribution in [0, 0.1) is 96.7 Å². The molecule has 4 nitrogen and oxygen atoms in total. The van der Waals surface area contributed by atoms with Crippen LogP contribution in [0.4, 0.5) is 0 Å². The SMILES string of the molecule is CCCCc1ccc(-c2c(C(C)C)cc(C(C)C)c(-c3c(OC)ccc(OC)c3P(C34CC5CC(CC(C5)C3)C4)C34CC5CC(CC(C5)C3)C4)c2C(C)C)cc1.CCCCc1ccc(-c2c(C(C)C)cc(C(C)C)c(-c3c(OC)ccc(OC)c3P(C34CC5CC(CC(C5)C3)C4)C34CC5CC(CC(C5)C3)C4)c2C(C)C)cc1.[CH]1[CH]CC[CH][CH]CC1.[Pd].[Pd]. The van der Waals surface area contributed by atoms with E-state index in [0.717, 1.165) is 107 Å². The fraction of sp³-hybridized carbons (Fsp3) is 0.649. The maximum Gasteiger partial charge on any atom is 0.127 e. The molecule has 0 saturated heterocycles. The van der Waals surface area contributed by atoms with Crippen molar-refractivity contribution in [3.8, 4) is 67.5 Å². The minimum Gasteiger partial charge on any atom is -0.496 e. The zero-order valence-electron chi connectivity index (χ0n) is 79.0. The minimum absolute atomic E-state index is 0. The fourth-order valence-corrected chi connectivity index (χ4v) is 41.8. The average Bonchev–Trinajstić information content (AvgIpc) is 0.690. The van der Waals surface area contributed by atoms with E-state index in [2.05, 4.69) is 208 Å². The monoisotopic (exact) mass is 1860 g/mol. The first-order valence-corrected chi connectivity index (χ1v) is 52.6. The average molecular weight is 1870 g/mol. The van der Waals surface area contributed by atoms with Gasteiger partial charge in [-0.25, -0.2) is 0 Å². The molecular weight excluding hydrogens is 1710 g/mol. The van der Waals surface area contributed by atoms with Crippen LogP contribution in [0.15, 0.2) is 84.9 Å². The molecule has 0 unspecified atom stereocenters. The smallest absolute Gasteiger partial charge is 0.127 e. The van der Waals surface area contributed by atoms with Gasteiger partial charge in [-0.15, -0.1) is 0 Å². The third kappa shape index (κ3) is 18.0. The summed E-state index contributed by atoms with van der Waals surface area (Å²) in [6.45, 7) is 33.9. The molecule has 0 amide bonds. The first-order chi connectivity index (χ1) is 57.9. The largest absolute Gasteiger partial charge is 0.496 e. The molecule has 6 aromatic rings. The molecule has 23 rings (SSSR count). The van der Waals surface area contributed by atoms with Crippen molar-refractivity contribution >= 4 is 26.5 Å². The fourth-order valence-electron chi connectivity index (χ4n) is 31.0. The molecule has 17 aliphatic carbocycles.